The van der Waals surface area contributed by atoms with Gasteiger partial charge in [-0.1, -0.05) is 35.9 Å². The second kappa shape index (κ2) is 10.9. The highest BCUT2D eigenvalue weighted by Gasteiger charge is 2.09. The zero-order chi connectivity index (χ0) is 22.9. The summed E-state index contributed by atoms with van der Waals surface area (Å²) >= 11 is 0. The molecule has 0 atom stereocenters. The van der Waals surface area contributed by atoms with E-state index in [1.807, 2.05) is 43.3 Å². The molecule has 3 aromatic rings. The molecule has 0 saturated carbocycles. The Morgan fingerprint density at radius 2 is 1.56 bits per heavy atom. The van der Waals surface area contributed by atoms with Crippen LogP contribution >= 0.6 is 0 Å². The Bertz CT molecular complexity index is 1090. The summed E-state index contributed by atoms with van der Waals surface area (Å²) in [6, 6.07) is 22.1. The summed E-state index contributed by atoms with van der Waals surface area (Å²) in [4.78, 5) is 27.1. The third-order valence-electron chi connectivity index (χ3n) is 5.10. The van der Waals surface area contributed by atoms with Crippen molar-refractivity contribution in [3.63, 3.8) is 0 Å². The second-order valence-corrected chi connectivity index (χ2v) is 7.36. The van der Waals surface area contributed by atoms with Crippen LogP contribution in [0.4, 0.5) is 11.4 Å². The fourth-order valence-corrected chi connectivity index (χ4v) is 3.24. The van der Waals surface area contributed by atoms with E-state index >= 15 is 0 Å². The Morgan fingerprint density at radius 1 is 0.875 bits per heavy atom. The van der Waals surface area contributed by atoms with Crippen LogP contribution in [0.5, 0.6) is 0 Å². The molecule has 0 aliphatic rings. The smallest absolute Gasteiger partial charge is 0.271 e. The molecule has 0 bridgehead atoms. The molecule has 0 radical (unpaired) electrons. The van der Waals surface area contributed by atoms with E-state index in [0.29, 0.717) is 16.8 Å². The number of nitrogens with one attached hydrogen (secondary N) is 2. The number of amides is 2. The van der Waals surface area contributed by atoms with Crippen molar-refractivity contribution in [1.82, 2.24) is 5.43 Å². The van der Waals surface area contributed by atoms with E-state index in [-0.39, 0.29) is 11.8 Å². The number of hydrazone groups is 1. The van der Waals surface area contributed by atoms with E-state index in [9.17, 15) is 9.59 Å². The van der Waals surface area contributed by atoms with Gasteiger partial charge in [0.15, 0.2) is 0 Å². The van der Waals surface area contributed by atoms with Gasteiger partial charge in [-0.15, -0.1) is 0 Å². The van der Waals surface area contributed by atoms with Crippen molar-refractivity contribution in [3.05, 3.63) is 95.1 Å². The molecule has 0 fully saturated rings. The molecule has 0 aromatic heterocycles. The van der Waals surface area contributed by atoms with Gasteiger partial charge in [0, 0.05) is 35.6 Å². The molecule has 3 rings (SSSR count). The molecule has 164 valence electrons. The van der Waals surface area contributed by atoms with Gasteiger partial charge in [-0.3, -0.25) is 9.59 Å². The first-order valence-electron chi connectivity index (χ1n) is 10.7. The van der Waals surface area contributed by atoms with Crippen molar-refractivity contribution >= 4 is 29.4 Å². The minimum atomic E-state index is -0.354. The lowest BCUT2D eigenvalue weighted by molar-refractivity contribution is 0.0953. The van der Waals surface area contributed by atoms with Gasteiger partial charge in [-0.25, -0.2) is 5.43 Å². The van der Waals surface area contributed by atoms with Crippen molar-refractivity contribution in [2.24, 2.45) is 5.10 Å². The summed E-state index contributed by atoms with van der Waals surface area (Å²) in [5, 5.41) is 6.87. The van der Waals surface area contributed by atoms with Crippen molar-refractivity contribution in [2.45, 2.75) is 20.8 Å². The monoisotopic (exact) mass is 428 g/mol. The molecule has 3 aromatic carbocycles. The summed E-state index contributed by atoms with van der Waals surface area (Å²) in [6.07, 6.45) is 1.60. The Balaban J connectivity index is 1.59. The first-order valence-corrected chi connectivity index (χ1v) is 10.7. The van der Waals surface area contributed by atoms with Gasteiger partial charge in [-0.05, 0) is 68.8 Å². The SMILES string of the molecule is CCN(CC)c1ccc(C=NNC(=O)c2cccc(NC(=O)c3ccc(C)cc3)c2)cc1. The second-order valence-electron chi connectivity index (χ2n) is 7.36. The molecule has 0 aliphatic heterocycles. The number of carbonyl (C=O) groups excluding carboxylic acids is 2. The Morgan fingerprint density at radius 3 is 2.22 bits per heavy atom. The van der Waals surface area contributed by atoms with Crippen LogP contribution in [0, 0.1) is 6.92 Å². The maximum Gasteiger partial charge on any atom is 0.271 e. The molecule has 0 heterocycles. The van der Waals surface area contributed by atoms with Gasteiger partial charge in [0.05, 0.1) is 6.21 Å². The number of hydrogen-bond acceptors (Lipinski definition) is 4. The third-order valence-corrected chi connectivity index (χ3v) is 5.10. The standard InChI is InChI=1S/C26H28N4O2/c1-4-30(5-2)24-15-11-20(12-16-24)18-27-29-26(32)22-7-6-8-23(17-22)28-25(31)21-13-9-19(3)10-14-21/h6-18H,4-5H2,1-3H3,(H,28,31)(H,29,32). The van der Waals surface area contributed by atoms with Gasteiger partial charge in [0.2, 0.25) is 0 Å². The van der Waals surface area contributed by atoms with Crippen LogP contribution in [-0.2, 0) is 0 Å². The largest absolute Gasteiger partial charge is 0.372 e. The number of benzene rings is 3. The molecular formula is C26H28N4O2. The number of anilines is 2. The van der Waals surface area contributed by atoms with E-state index in [1.165, 1.54) is 0 Å². The number of nitrogens with zero attached hydrogens (tertiary/aromatic N) is 2. The van der Waals surface area contributed by atoms with Crippen LogP contribution in [0.2, 0.25) is 0 Å². The highest BCUT2D eigenvalue weighted by molar-refractivity contribution is 6.05. The van der Waals surface area contributed by atoms with Gasteiger partial charge < -0.3 is 10.2 Å². The van der Waals surface area contributed by atoms with Crippen LogP contribution in [0.15, 0.2) is 77.9 Å². The maximum atomic E-state index is 12.5. The van der Waals surface area contributed by atoms with Crippen LogP contribution < -0.4 is 15.6 Å². The molecule has 0 spiro atoms. The molecule has 2 N–H and O–H groups in total. The highest BCUT2D eigenvalue weighted by atomic mass is 16.2. The van der Waals surface area contributed by atoms with Crippen LogP contribution in [-0.4, -0.2) is 31.1 Å². The molecular weight excluding hydrogens is 400 g/mol. The Labute approximate surface area is 189 Å². The van der Waals surface area contributed by atoms with Gasteiger partial charge in [0.1, 0.15) is 0 Å². The summed E-state index contributed by atoms with van der Waals surface area (Å²) in [5.41, 5.74) is 7.16. The normalized spacial score (nSPS) is 10.7. The summed E-state index contributed by atoms with van der Waals surface area (Å²) < 4.78 is 0. The average molecular weight is 429 g/mol. The van der Waals surface area contributed by atoms with E-state index in [1.54, 1.807) is 42.6 Å². The lowest BCUT2D eigenvalue weighted by Gasteiger charge is -2.20. The first-order chi connectivity index (χ1) is 15.5. The quantitative estimate of drug-likeness (QED) is 0.398. The molecule has 0 aliphatic carbocycles. The lowest BCUT2D eigenvalue weighted by atomic mass is 10.1. The fourth-order valence-electron chi connectivity index (χ4n) is 3.24. The zero-order valence-electron chi connectivity index (χ0n) is 18.6. The predicted octanol–water partition coefficient (Wildman–Crippen LogP) is 4.86. The fraction of sp³-hybridized carbons (Fsp3) is 0.192. The number of aryl methyl sites for hydroxylation is 1. The van der Waals surface area contributed by atoms with Crippen LogP contribution in [0.1, 0.15) is 45.7 Å². The van der Waals surface area contributed by atoms with Crippen LogP contribution in [0.3, 0.4) is 0 Å². The van der Waals surface area contributed by atoms with E-state index in [4.69, 9.17) is 0 Å². The topological polar surface area (TPSA) is 73.8 Å². The van der Waals surface area contributed by atoms with E-state index < -0.39 is 0 Å². The summed E-state index contributed by atoms with van der Waals surface area (Å²) in [5.74, 6) is -0.582. The minimum Gasteiger partial charge on any atom is -0.372 e. The maximum absolute atomic E-state index is 12.5. The van der Waals surface area contributed by atoms with Crippen LogP contribution in [0.25, 0.3) is 0 Å². The number of rotatable bonds is 8. The van der Waals surface area contributed by atoms with Gasteiger partial charge >= 0.3 is 0 Å². The molecule has 0 unspecified atom stereocenters. The summed E-state index contributed by atoms with van der Waals surface area (Å²) in [7, 11) is 0. The Kier molecular flexibility index (Phi) is 7.75. The van der Waals surface area contributed by atoms with Crippen molar-refractivity contribution in [1.29, 1.82) is 0 Å². The third kappa shape index (κ3) is 6.04. The van der Waals surface area contributed by atoms with Gasteiger partial charge in [-0.2, -0.15) is 5.10 Å². The van der Waals surface area contributed by atoms with E-state index in [2.05, 4.69) is 34.6 Å². The summed E-state index contributed by atoms with van der Waals surface area (Å²) in [6.45, 7) is 8.11. The molecule has 2 amide bonds. The van der Waals surface area contributed by atoms with Crippen molar-refractivity contribution < 1.29 is 9.59 Å². The number of carbonyl (C=O) groups is 2. The predicted molar refractivity (Wildman–Crippen MR) is 131 cm³/mol. The first kappa shape index (κ1) is 22.7. The average Bonchev–Trinajstić information content (AvgIpc) is 2.81. The molecule has 6 heteroatoms. The van der Waals surface area contributed by atoms with Crippen molar-refractivity contribution in [3.8, 4) is 0 Å². The number of hydrogen-bond donors (Lipinski definition) is 2. The Hall–Kier alpha value is -3.93. The highest BCUT2D eigenvalue weighted by Crippen LogP contribution is 2.15. The molecule has 32 heavy (non-hydrogen) atoms. The minimum absolute atomic E-state index is 0.228. The van der Waals surface area contributed by atoms with E-state index in [0.717, 1.165) is 29.9 Å². The lowest BCUT2D eigenvalue weighted by Crippen LogP contribution is -2.21. The molecule has 6 nitrogen and oxygen atoms in total. The zero-order valence-corrected chi connectivity index (χ0v) is 18.6. The molecule has 0 saturated heterocycles. The van der Waals surface area contributed by atoms with Gasteiger partial charge in [0.25, 0.3) is 11.8 Å². The van der Waals surface area contributed by atoms with Crippen molar-refractivity contribution in [2.75, 3.05) is 23.3 Å².